The van der Waals surface area contributed by atoms with Gasteiger partial charge in [0.2, 0.25) is 0 Å². The molecule has 0 spiro atoms. The highest BCUT2D eigenvalue weighted by Crippen LogP contribution is 2.19. The molecule has 1 atom stereocenters. The standard InChI is InChI=1S/C11H14FN3/c1-3-8(13-2)11-14-9-6-4-5-7(12)10(9)15-11/h4-6,8,13H,3H2,1-2H3,(H,14,15)/t8-/m1/s1. The van der Waals surface area contributed by atoms with Crippen LogP contribution in [0.3, 0.4) is 0 Å². The molecule has 4 heteroatoms. The summed E-state index contributed by atoms with van der Waals surface area (Å²) in [5, 5.41) is 3.13. The molecular weight excluding hydrogens is 193 g/mol. The van der Waals surface area contributed by atoms with Crippen LogP contribution in [0.4, 0.5) is 4.39 Å². The lowest BCUT2D eigenvalue weighted by molar-refractivity contribution is 0.550. The van der Waals surface area contributed by atoms with E-state index in [9.17, 15) is 4.39 Å². The number of halogens is 1. The average molecular weight is 207 g/mol. The predicted octanol–water partition coefficient (Wildman–Crippen LogP) is 2.37. The number of aromatic nitrogens is 2. The number of fused-ring (bicyclic) bond motifs is 1. The molecule has 0 fully saturated rings. The van der Waals surface area contributed by atoms with Gasteiger partial charge in [-0.15, -0.1) is 0 Å². The Hall–Kier alpha value is -1.42. The van der Waals surface area contributed by atoms with Crippen molar-refractivity contribution in [2.24, 2.45) is 0 Å². The molecule has 15 heavy (non-hydrogen) atoms. The third kappa shape index (κ3) is 1.72. The Morgan fingerprint density at radius 2 is 2.33 bits per heavy atom. The normalized spacial score (nSPS) is 13.3. The Morgan fingerprint density at radius 3 is 2.93 bits per heavy atom. The number of para-hydroxylation sites is 1. The van der Waals surface area contributed by atoms with Crippen molar-refractivity contribution in [2.75, 3.05) is 7.05 Å². The molecule has 1 aromatic heterocycles. The lowest BCUT2D eigenvalue weighted by Crippen LogP contribution is -2.16. The molecule has 0 aliphatic carbocycles. The van der Waals surface area contributed by atoms with Crippen molar-refractivity contribution in [2.45, 2.75) is 19.4 Å². The van der Waals surface area contributed by atoms with E-state index in [0.29, 0.717) is 5.52 Å². The topological polar surface area (TPSA) is 40.7 Å². The van der Waals surface area contributed by atoms with E-state index in [2.05, 4.69) is 22.2 Å². The van der Waals surface area contributed by atoms with Crippen molar-refractivity contribution >= 4 is 11.0 Å². The Morgan fingerprint density at radius 1 is 1.53 bits per heavy atom. The molecule has 0 amide bonds. The van der Waals surface area contributed by atoms with Crippen LogP contribution >= 0.6 is 0 Å². The first kappa shape index (κ1) is 10.1. The van der Waals surface area contributed by atoms with Gasteiger partial charge in [0.25, 0.3) is 0 Å². The van der Waals surface area contributed by atoms with Gasteiger partial charge in [-0.25, -0.2) is 9.37 Å². The number of rotatable bonds is 3. The third-order valence-corrected chi connectivity index (χ3v) is 2.57. The lowest BCUT2D eigenvalue weighted by atomic mass is 10.2. The zero-order valence-corrected chi connectivity index (χ0v) is 8.84. The number of imidazole rings is 1. The number of nitrogens with one attached hydrogen (secondary N) is 2. The van der Waals surface area contributed by atoms with Gasteiger partial charge < -0.3 is 10.3 Å². The molecule has 0 saturated heterocycles. The molecule has 0 saturated carbocycles. The molecule has 2 N–H and O–H groups in total. The van der Waals surface area contributed by atoms with E-state index in [1.165, 1.54) is 6.07 Å². The van der Waals surface area contributed by atoms with Crippen LogP contribution in [0, 0.1) is 5.82 Å². The van der Waals surface area contributed by atoms with Crippen molar-refractivity contribution in [3.63, 3.8) is 0 Å². The highest BCUT2D eigenvalue weighted by molar-refractivity contribution is 5.75. The average Bonchev–Trinajstić information content (AvgIpc) is 2.65. The van der Waals surface area contributed by atoms with Gasteiger partial charge in [-0.3, -0.25) is 0 Å². The van der Waals surface area contributed by atoms with Crippen molar-refractivity contribution in [3.05, 3.63) is 29.8 Å². The van der Waals surface area contributed by atoms with Crippen LogP contribution in [0.15, 0.2) is 18.2 Å². The maximum atomic E-state index is 13.4. The summed E-state index contributed by atoms with van der Waals surface area (Å²) in [4.78, 5) is 7.39. The molecule has 2 rings (SSSR count). The van der Waals surface area contributed by atoms with Crippen LogP contribution in [0.2, 0.25) is 0 Å². The Kier molecular flexibility index (Phi) is 2.68. The fourth-order valence-electron chi connectivity index (χ4n) is 1.72. The number of H-pyrrole nitrogens is 1. The van der Waals surface area contributed by atoms with E-state index < -0.39 is 0 Å². The van der Waals surface area contributed by atoms with E-state index in [-0.39, 0.29) is 11.9 Å². The molecular formula is C11H14FN3. The van der Waals surface area contributed by atoms with Crippen LogP contribution in [0.5, 0.6) is 0 Å². The van der Waals surface area contributed by atoms with E-state index in [4.69, 9.17) is 0 Å². The van der Waals surface area contributed by atoms with Crippen LogP contribution < -0.4 is 5.32 Å². The molecule has 3 nitrogen and oxygen atoms in total. The number of aromatic amines is 1. The number of benzene rings is 1. The molecule has 1 aromatic carbocycles. The van der Waals surface area contributed by atoms with E-state index in [1.807, 2.05) is 13.1 Å². The second kappa shape index (κ2) is 3.98. The summed E-state index contributed by atoms with van der Waals surface area (Å²) < 4.78 is 13.4. The summed E-state index contributed by atoms with van der Waals surface area (Å²) in [6.45, 7) is 2.06. The van der Waals surface area contributed by atoms with Crippen molar-refractivity contribution < 1.29 is 4.39 Å². The van der Waals surface area contributed by atoms with Crippen molar-refractivity contribution in [3.8, 4) is 0 Å². The van der Waals surface area contributed by atoms with Gasteiger partial charge in [0.15, 0.2) is 5.82 Å². The van der Waals surface area contributed by atoms with Crippen molar-refractivity contribution in [1.29, 1.82) is 0 Å². The first-order chi connectivity index (χ1) is 7.26. The second-order valence-electron chi connectivity index (χ2n) is 3.51. The summed E-state index contributed by atoms with van der Waals surface area (Å²) in [5.41, 5.74) is 1.17. The summed E-state index contributed by atoms with van der Waals surface area (Å²) in [7, 11) is 1.87. The zero-order chi connectivity index (χ0) is 10.8. The van der Waals surface area contributed by atoms with Crippen LogP contribution in [-0.4, -0.2) is 17.0 Å². The van der Waals surface area contributed by atoms with Gasteiger partial charge >= 0.3 is 0 Å². The first-order valence-electron chi connectivity index (χ1n) is 5.07. The summed E-state index contributed by atoms with van der Waals surface area (Å²) in [5.74, 6) is 0.515. The predicted molar refractivity (Wildman–Crippen MR) is 58.1 cm³/mol. The maximum Gasteiger partial charge on any atom is 0.151 e. The number of hydrogen-bond acceptors (Lipinski definition) is 2. The Labute approximate surface area is 87.7 Å². The van der Waals surface area contributed by atoms with Crippen molar-refractivity contribution in [1.82, 2.24) is 15.3 Å². The smallest absolute Gasteiger partial charge is 0.151 e. The van der Waals surface area contributed by atoms with Gasteiger partial charge in [-0.1, -0.05) is 13.0 Å². The van der Waals surface area contributed by atoms with Gasteiger partial charge in [0.1, 0.15) is 11.3 Å². The number of nitrogens with zero attached hydrogens (tertiary/aromatic N) is 1. The summed E-state index contributed by atoms with van der Waals surface area (Å²) >= 11 is 0. The minimum Gasteiger partial charge on any atom is -0.341 e. The molecule has 0 radical (unpaired) electrons. The van der Waals surface area contributed by atoms with Gasteiger partial charge in [-0.05, 0) is 25.6 Å². The molecule has 0 bridgehead atoms. The second-order valence-corrected chi connectivity index (χ2v) is 3.51. The quantitative estimate of drug-likeness (QED) is 0.811. The monoisotopic (exact) mass is 207 g/mol. The van der Waals surface area contributed by atoms with E-state index in [1.54, 1.807) is 6.07 Å². The summed E-state index contributed by atoms with van der Waals surface area (Å²) in [6, 6.07) is 5.08. The molecule has 1 heterocycles. The highest BCUT2D eigenvalue weighted by Gasteiger charge is 2.13. The van der Waals surface area contributed by atoms with Crippen LogP contribution in [-0.2, 0) is 0 Å². The molecule has 0 aliphatic heterocycles. The highest BCUT2D eigenvalue weighted by atomic mass is 19.1. The van der Waals surface area contributed by atoms with Gasteiger partial charge in [-0.2, -0.15) is 0 Å². The number of hydrogen-bond donors (Lipinski definition) is 2. The zero-order valence-electron chi connectivity index (χ0n) is 8.84. The van der Waals surface area contributed by atoms with E-state index >= 15 is 0 Å². The Balaban J connectivity index is 2.51. The fourth-order valence-corrected chi connectivity index (χ4v) is 1.72. The van der Waals surface area contributed by atoms with Crippen LogP contribution in [0.25, 0.3) is 11.0 Å². The first-order valence-corrected chi connectivity index (χ1v) is 5.07. The van der Waals surface area contributed by atoms with Crippen LogP contribution in [0.1, 0.15) is 25.2 Å². The minimum atomic E-state index is -0.277. The lowest BCUT2D eigenvalue weighted by Gasteiger charge is -2.09. The molecule has 80 valence electrons. The van der Waals surface area contributed by atoms with E-state index in [0.717, 1.165) is 17.8 Å². The fraction of sp³-hybridized carbons (Fsp3) is 0.364. The molecule has 0 aliphatic rings. The van der Waals surface area contributed by atoms with Gasteiger partial charge in [0, 0.05) is 0 Å². The Bertz CT molecular complexity index is 460. The molecule has 2 aromatic rings. The third-order valence-electron chi connectivity index (χ3n) is 2.57. The van der Waals surface area contributed by atoms with Gasteiger partial charge in [0.05, 0.1) is 11.6 Å². The largest absolute Gasteiger partial charge is 0.341 e. The SMILES string of the molecule is CC[C@@H](NC)c1nc2c(F)cccc2[nH]1. The maximum absolute atomic E-state index is 13.4. The molecule has 0 unspecified atom stereocenters. The minimum absolute atomic E-state index is 0.150. The summed E-state index contributed by atoms with van der Waals surface area (Å²) in [6.07, 6.45) is 0.915.